The Kier molecular flexibility index (Phi) is 3.40. The first kappa shape index (κ1) is 14.3. The van der Waals surface area contributed by atoms with E-state index in [1.54, 1.807) is 0 Å². The summed E-state index contributed by atoms with van der Waals surface area (Å²) in [5, 5.41) is 10.9. The Morgan fingerprint density at radius 1 is 1.10 bits per heavy atom. The summed E-state index contributed by atoms with van der Waals surface area (Å²) in [6, 6.07) is 10.4. The fourth-order valence-corrected chi connectivity index (χ4v) is 3.49. The molecule has 21 heavy (non-hydrogen) atoms. The van der Waals surface area contributed by atoms with Crippen LogP contribution in [0, 0.1) is 16.7 Å². The van der Waals surface area contributed by atoms with E-state index in [2.05, 4.69) is 67.5 Å². The molecule has 1 aliphatic carbocycles. The molecule has 3 nitrogen and oxygen atoms in total. The van der Waals surface area contributed by atoms with Gasteiger partial charge in [0, 0.05) is 12.1 Å². The number of rotatable bonds is 5. The van der Waals surface area contributed by atoms with E-state index in [4.69, 9.17) is 0 Å². The summed E-state index contributed by atoms with van der Waals surface area (Å²) < 4.78 is 0. The van der Waals surface area contributed by atoms with Gasteiger partial charge in [-0.1, -0.05) is 58.0 Å². The SMILES string of the molecule is CC1(C)C(CNCc2cn[nH]c2-c2ccccc2)C1(C)C. The molecule has 0 aliphatic heterocycles. The monoisotopic (exact) mass is 283 g/mol. The highest BCUT2D eigenvalue weighted by Crippen LogP contribution is 2.67. The minimum absolute atomic E-state index is 0.443. The van der Waals surface area contributed by atoms with Crippen molar-refractivity contribution >= 4 is 0 Å². The van der Waals surface area contributed by atoms with E-state index < -0.39 is 0 Å². The Hall–Kier alpha value is -1.61. The first-order chi connectivity index (χ1) is 9.94. The van der Waals surface area contributed by atoms with Crippen molar-refractivity contribution in [2.45, 2.75) is 34.2 Å². The van der Waals surface area contributed by atoms with Crippen LogP contribution in [0.3, 0.4) is 0 Å². The molecule has 1 fully saturated rings. The molecule has 0 saturated heterocycles. The fourth-order valence-electron chi connectivity index (χ4n) is 3.49. The molecule has 1 aromatic heterocycles. The second kappa shape index (κ2) is 4.99. The van der Waals surface area contributed by atoms with Crippen molar-refractivity contribution in [2.24, 2.45) is 16.7 Å². The van der Waals surface area contributed by atoms with Gasteiger partial charge >= 0.3 is 0 Å². The molecule has 2 aromatic rings. The number of hydrogen-bond acceptors (Lipinski definition) is 2. The normalized spacial score (nSPS) is 19.6. The Balaban J connectivity index is 1.62. The van der Waals surface area contributed by atoms with E-state index in [9.17, 15) is 0 Å². The molecule has 1 aliphatic rings. The third-order valence-electron chi connectivity index (χ3n) is 5.76. The number of nitrogens with zero attached hydrogens (tertiary/aromatic N) is 1. The maximum Gasteiger partial charge on any atom is 0.0695 e. The van der Waals surface area contributed by atoms with Crippen molar-refractivity contribution in [3.63, 3.8) is 0 Å². The van der Waals surface area contributed by atoms with Crippen LogP contribution >= 0.6 is 0 Å². The van der Waals surface area contributed by atoms with E-state index in [1.165, 1.54) is 11.1 Å². The molecule has 3 rings (SSSR count). The second-order valence-corrected chi connectivity index (χ2v) is 7.26. The van der Waals surface area contributed by atoms with Gasteiger partial charge in [-0.3, -0.25) is 5.10 Å². The number of aromatic amines is 1. The van der Waals surface area contributed by atoms with Crippen LogP contribution in [-0.2, 0) is 6.54 Å². The van der Waals surface area contributed by atoms with Gasteiger partial charge in [-0.2, -0.15) is 5.10 Å². The van der Waals surface area contributed by atoms with Gasteiger partial charge in [0.15, 0.2) is 0 Å². The van der Waals surface area contributed by atoms with Gasteiger partial charge in [0.2, 0.25) is 0 Å². The zero-order valence-electron chi connectivity index (χ0n) is 13.4. The van der Waals surface area contributed by atoms with Crippen molar-refractivity contribution in [1.29, 1.82) is 0 Å². The number of benzene rings is 1. The molecule has 0 atom stereocenters. The van der Waals surface area contributed by atoms with Crippen LogP contribution in [-0.4, -0.2) is 16.7 Å². The number of H-pyrrole nitrogens is 1. The van der Waals surface area contributed by atoms with Crippen LogP contribution in [0.2, 0.25) is 0 Å². The lowest BCUT2D eigenvalue weighted by Crippen LogP contribution is -2.19. The minimum atomic E-state index is 0.443. The maximum atomic E-state index is 4.20. The van der Waals surface area contributed by atoms with E-state index in [0.29, 0.717) is 10.8 Å². The van der Waals surface area contributed by atoms with Gasteiger partial charge in [0.05, 0.1) is 11.9 Å². The van der Waals surface area contributed by atoms with Crippen molar-refractivity contribution in [3.8, 4) is 11.3 Å². The topological polar surface area (TPSA) is 40.7 Å². The predicted octanol–water partition coefficient (Wildman–Crippen LogP) is 3.85. The van der Waals surface area contributed by atoms with Crippen molar-refractivity contribution in [3.05, 3.63) is 42.1 Å². The van der Waals surface area contributed by atoms with Crippen LogP contribution in [0.25, 0.3) is 11.3 Å². The number of nitrogens with one attached hydrogen (secondary N) is 2. The lowest BCUT2D eigenvalue weighted by molar-refractivity contribution is 0.457. The molecule has 0 bridgehead atoms. The van der Waals surface area contributed by atoms with Crippen LogP contribution < -0.4 is 5.32 Å². The maximum absolute atomic E-state index is 4.20. The zero-order chi connectivity index (χ0) is 15.1. The van der Waals surface area contributed by atoms with Crippen LogP contribution in [0.5, 0.6) is 0 Å². The molecule has 1 saturated carbocycles. The molecule has 0 spiro atoms. The second-order valence-electron chi connectivity index (χ2n) is 7.26. The standard InChI is InChI=1S/C18H25N3/c1-17(2)15(18(17,3)4)12-19-10-14-11-20-21-16(14)13-8-6-5-7-9-13/h5-9,11,15,19H,10,12H2,1-4H3,(H,20,21). The minimum Gasteiger partial charge on any atom is -0.312 e. The molecule has 1 aromatic carbocycles. The lowest BCUT2D eigenvalue weighted by atomic mass is 10.0. The lowest BCUT2D eigenvalue weighted by Gasteiger charge is -2.07. The zero-order valence-corrected chi connectivity index (χ0v) is 13.4. The third kappa shape index (κ3) is 2.40. The van der Waals surface area contributed by atoms with Crippen molar-refractivity contribution in [2.75, 3.05) is 6.54 Å². The molecule has 1 heterocycles. The van der Waals surface area contributed by atoms with Crippen LogP contribution in [0.4, 0.5) is 0 Å². The molecule has 0 radical (unpaired) electrons. The van der Waals surface area contributed by atoms with Crippen LogP contribution in [0.15, 0.2) is 36.5 Å². The largest absolute Gasteiger partial charge is 0.312 e. The van der Waals surface area contributed by atoms with E-state index in [-0.39, 0.29) is 0 Å². The Morgan fingerprint density at radius 2 is 1.76 bits per heavy atom. The van der Waals surface area contributed by atoms with Gasteiger partial charge < -0.3 is 5.32 Å². The Labute approximate surface area is 127 Å². The van der Waals surface area contributed by atoms with Gasteiger partial charge in [0.25, 0.3) is 0 Å². The summed E-state index contributed by atoms with van der Waals surface area (Å²) in [4.78, 5) is 0. The molecular weight excluding hydrogens is 258 g/mol. The van der Waals surface area contributed by atoms with Gasteiger partial charge in [-0.25, -0.2) is 0 Å². The van der Waals surface area contributed by atoms with E-state index >= 15 is 0 Å². The van der Waals surface area contributed by atoms with Gasteiger partial charge in [-0.15, -0.1) is 0 Å². The van der Waals surface area contributed by atoms with Crippen molar-refractivity contribution < 1.29 is 0 Å². The smallest absolute Gasteiger partial charge is 0.0695 e. The average Bonchev–Trinajstić information content (AvgIpc) is 2.83. The van der Waals surface area contributed by atoms with E-state index in [0.717, 1.165) is 24.7 Å². The summed E-state index contributed by atoms with van der Waals surface area (Å²) in [6.45, 7) is 11.4. The van der Waals surface area contributed by atoms with E-state index in [1.807, 2.05) is 12.3 Å². The van der Waals surface area contributed by atoms with Crippen LogP contribution in [0.1, 0.15) is 33.3 Å². The summed E-state index contributed by atoms with van der Waals surface area (Å²) in [5.41, 5.74) is 4.44. The molecule has 3 heteroatoms. The number of aromatic nitrogens is 2. The Morgan fingerprint density at radius 3 is 2.38 bits per heavy atom. The Bertz CT molecular complexity index is 596. The predicted molar refractivity (Wildman–Crippen MR) is 86.8 cm³/mol. The molecule has 0 unspecified atom stereocenters. The summed E-state index contributed by atoms with van der Waals surface area (Å²) in [5.74, 6) is 0.747. The highest BCUT2D eigenvalue weighted by molar-refractivity contribution is 5.62. The average molecular weight is 283 g/mol. The molecular formula is C18H25N3. The molecule has 2 N–H and O–H groups in total. The molecule has 0 amide bonds. The molecule has 112 valence electrons. The third-order valence-corrected chi connectivity index (χ3v) is 5.76. The highest BCUT2D eigenvalue weighted by atomic mass is 15.1. The van der Waals surface area contributed by atoms with Crippen molar-refractivity contribution in [1.82, 2.24) is 15.5 Å². The highest BCUT2D eigenvalue weighted by Gasteiger charge is 2.63. The van der Waals surface area contributed by atoms with Gasteiger partial charge in [0.1, 0.15) is 0 Å². The summed E-state index contributed by atoms with van der Waals surface area (Å²) >= 11 is 0. The fraction of sp³-hybridized carbons (Fsp3) is 0.500. The number of hydrogen-bond donors (Lipinski definition) is 2. The summed E-state index contributed by atoms with van der Waals surface area (Å²) in [7, 11) is 0. The first-order valence-electron chi connectivity index (χ1n) is 7.73. The first-order valence-corrected chi connectivity index (χ1v) is 7.73. The summed E-state index contributed by atoms with van der Waals surface area (Å²) in [6.07, 6.45) is 1.93. The quantitative estimate of drug-likeness (QED) is 0.875. The van der Waals surface area contributed by atoms with Gasteiger partial charge in [-0.05, 0) is 28.9 Å².